The standard InChI is InChI=1S/C20H19N5O2/c1-14(26)24-16-7-9-17(10-8-16)25-19-11-18(22-13-23-19)20(27)21-12-15-5-3-2-4-6-15/h2-11,13H,12H2,1H3,(H,21,27)(H,24,26)(H,22,23,25). The van der Waals surface area contributed by atoms with Gasteiger partial charge in [-0.25, -0.2) is 9.97 Å². The molecule has 0 unspecified atom stereocenters. The van der Waals surface area contributed by atoms with Crippen LogP contribution in [0.1, 0.15) is 23.0 Å². The van der Waals surface area contributed by atoms with E-state index in [9.17, 15) is 9.59 Å². The van der Waals surface area contributed by atoms with E-state index in [0.717, 1.165) is 11.3 Å². The van der Waals surface area contributed by atoms with Gasteiger partial charge in [0.1, 0.15) is 17.8 Å². The lowest BCUT2D eigenvalue weighted by Gasteiger charge is -2.09. The van der Waals surface area contributed by atoms with Crippen LogP contribution in [0.3, 0.4) is 0 Å². The largest absolute Gasteiger partial charge is 0.347 e. The summed E-state index contributed by atoms with van der Waals surface area (Å²) in [6, 6.07) is 18.4. The van der Waals surface area contributed by atoms with Crippen molar-refractivity contribution in [2.75, 3.05) is 10.6 Å². The van der Waals surface area contributed by atoms with Gasteiger partial charge in [-0.3, -0.25) is 9.59 Å². The maximum atomic E-state index is 12.3. The highest BCUT2D eigenvalue weighted by atomic mass is 16.2. The molecule has 27 heavy (non-hydrogen) atoms. The van der Waals surface area contributed by atoms with E-state index in [1.807, 2.05) is 42.5 Å². The Balaban J connectivity index is 1.62. The molecule has 2 amide bonds. The predicted octanol–water partition coefficient (Wildman–Crippen LogP) is 3.11. The van der Waals surface area contributed by atoms with Crippen LogP contribution in [0.25, 0.3) is 0 Å². The van der Waals surface area contributed by atoms with Crippen LogP contribution in [0.2, 0.25) is 0 Å². The van der Waals surface area contributed by atoms with E-state index < -0.39 is 0 Å². The van der Waals surface area contributed by atoms with Crippen LogP contribution in [0, 0.1) is 0 Å². The molecule has 0 fully saturated rings. The molecule has 7 nitrogen and oxygen atoms in total. The van der Waals surface area contributed by atoms with Crippen LogP contribution < -0.4 is 16.0 Å². The number of carbonyl (C=O) groups is 2. The summed E-state index contributed by atoms with van der Waals surface area (Å²) in [5.74, 6) is 0.102. The average Bonchev–Trinajstić information content (AvgIpc) is 2.68. The number of nitrogens with one attached hydrogen (secondary N) is 3. The number of aromatic nitrogens is 2. The quantitative estimate of drug-likeness (QED) is 0.627. The summed E-state index contributed by atoms with van der Waals surface area (Å²) < 4.78 is 0. The Bertz CT molecular complexity index is 927. The molecule has 0 aliphatic carbocycles. The Hall–Kier alpha value is -3.74. The predicted molar refractivity (Wildman–Crippen MR) is 104 cm³/mol. The number of anilines is 3. The molecule has 1 aromatic heterocycles. The molecule has 2 aromatic carbocycles. The fraction of sp³-hybridized carbons (Fsp3) is 0.100. The van der Waals surface area contributed by atoms with Gasteiger partial charge in [-0.15, -0.1) is 0 Å². The summed E-state index contributed by atoms with van der Waals surface area (Å²) in [7, 11) is 0. The molecule has 1 heterocycles. The van der Waals surface area contributed by atoms with Gasteiger partial charge in [0.15, 0.2) is 0 Å². The second-order valence-corrected chi connectivity index (χ2v) is 5.84. The zero-order valence-electron chi connectivity index (χ0n) is 14.8. The molecule has 0 aliphatic heterocycles. The van der Waals surface area contributed by atoms with Gasteiger partial charge in [0.2, 0.25) is 5.91 Å². The lowest BCUT2D eigenvalue weighted by atomic mass is 10.2. The molecule has 0 radical (unpaired) electrons. The molecular weight excluding hydrogens is 342 g/mol. The lowest BCUT2D eigenvalue weighted by Crippen LogP contribution is -2.24. The smallest absolute Gasteiger partial charge is 0.270 e. The molecule has 3 aromatic rings. The van der Waals surface area contributed by atoms with E-state index >= 15 is 0 Å². The van der Waals surface area contributed by atoms with Crippen molar-refractivity contribution in [3.63, 3.8) is 0 Å². The first-order chi connectivity index (χ1) is 13.1. The number of nitrogens with zero attached hydrogens (tertiary/aromatic N) is 2. The fourth-order valence-electron chi connectivity index (χ4n) is 2.41. The first-order valence-electron chi connectivity index (χ1n) is 8.39. The molecule has 0 spiro atoms. The van der Waals surface area contributed by atoms with Crippen molar-refractivity contribution in [1.29, 1.82) is 0 Å². The van der Waals surface area contributed by atoms with Crippen molar-refractivity contribution in [2.45, 2.75) is 13.5 Å². The highest BCUT2D eigenvalue weighted by Crippen LogP contribution is 2.17. The Kier molecular flexibility index (Phi) is 5.73. The third-order valence-corrected chi connectivity index (χ3v) is 3.67. The SMILES string of the molecule is CC(=O)Nc1ccc(Nc2cc(C(=O)NCc3ccccc3)ncn2)cc1. The van der Waals surface area contributed by atoms with E-state index in [-0.39, 0.29) is 17.5 Å². The summed E-state index contributed by atoms with van der Waals surface area (Å²) in [6.07, 6.45) is 1.34. The molecule has 0 saturated carbocycles. The Morgan fingerprint density at radius 3 is 2.33 bits per heavy atom. The van der Waals surface area contributed by atoms with Crippen LogP contribution in [0.4, 0.5) is 17.2 Å². The Labute approximate surface area is 156 Å². The number of rotatable bonds is 6. The third-order valence-electron chi connectivity index (χ3n) is 3.67. The van der Waals surface area contributed by atoms with Gasteiger partial charge in [0.05, 0.1) is 0 Å². The van der Waals surface area contributed by atoms with E-state index in [1.54, 1.807) is 18.2 Å². The summed E-state index contributed by atoms with van der Waals surface area (Å²) in [6.45, 7) is 1.88. The van der Waals surface area contributed by atoms with Crippen molar-refractivity contribution < 1.29 is 9.59 Å². The fourth-order valence-corrected chi connectivity index (χ4v) is 2.41. The van der Waals surface area contributed by atoms with Gasteiger partial charge < -0.3 is 16.0 Å². The Morgan fingerprint density at radius 1 is 0.926 bits per heavy atom. The van der Waals surface area contributed by atoms with Crippen molar-refractivity contribution in [3.05, 3.63) is 78.2 Å². The van der Waals surface area contributed by atoms with Gasteiger partial charge in [0.25, 0.3) is 5.91 Å². The normalized spacial score (nSPS) is 10.1. The van der Waals surface area contributed by atoms with Crippen molar-refractivity contribution in [2.24, 2.45) is 0 Å². The van der Waals surface area contributed by atoms with Crippen LogP contribution in [-0.4, -0.2) is 21.8 Å². The highest BCUT2D eigenvalue weighted by Gasteiger charge is 2.09. The molecular formula is C20H19N5O2. The molecule has 136 valence electrons. The van der Waals surface area contributed by atoms with E-state index in [4.69, 9.17) is 0 Å². The average molecular weight is 361 g/mol. The van der Waals surface area contributed by atoms with Gasteiger partial charge >= 0.3 is 0 Å². The number of benzene rings is 2. The topological polar surface area (TPSA) is 96.0 Å². The molecule has 3 rings (SSSR count). The zero-order valence-corrected chi connectivity index (χ0v) is 14.8. The van der Waals surface area contributed by atoms with Crippen LogP contribution in [0.5, 0.6) is 0 Å². The van der Waals surface area contributed by atoms with Crippen LogP contribution >= 0.6 is 0 Å². The lowest BCUT2D eigenvalue weighted by molar-refractivity contribution is -0.114. The summed E-state index contributed by atoms with van der Waals surface area (Å²) in [5, 5.41) is 8.65. The first kappa shape index (κ1) is 18.1. The summed E-state index contributed by atoms with van der Waals surface area (Å²) >= 11 is 0. The minimum atomic E-state index is -0.273. The third kappa shape index (κ3) is 5.37. The minimum absolute atomic E-state index is 0.127. The van der Waals surface area contributed by atoms with Gasteiger partial charge in [-0.1, -0.05) is 30.3 Å². The van der Waals surface area contributed by atoms with Crippen LogP contribution in [0.15, 0.2) is 67.0 Å². The number of hydrogen-bond donors (Lipinski definition) is 3. The highest BCUT2D eigenvalue weighted by molar-refractivity contribution is 5.93. The molecule has 3 N–H and O–H groups in total. The molecule has 7 heteroatoms. The number of amides is 2. The Morgan fingerprint density at radius 2 is 1.63 bits per heavy atom. The van der Waals surface area contributed by atoms with Crippen molar-refractivity contribution in [3.8, 4) is 0 Å². The minimum Gasteiger partial charge on any atom is -0.347 e. The first-order valence-corrected chi connectivity index (χ1v) is 8.39. The van der Waals surface area contributed by atoms with Crippen LogP contribution in [-0.2, 0) is 11.3 Å². The monoisotopic (exact) mass is 361 g/mol. The molecule has 0 aliphatic rings. The van der Waals surface area contributed by atoms with Crippen molar-refractivity contribution >= 4 is 29.0 Å². The molecule has 0 saturated heterocycles. The second-order valence-electron chi connectivity index (χ2n) is 5.84. The summed E-state index contributed by atoms with van der Waals surface area (Å²) in [4.78, 5) is 31.5. The van der Waals surface area contributed by atoms with E-state index in [0.29, 0.717) is 18.1 Å². The van der Waals surface area contributed by atoms with Crippen molar-refractivity contribution in [1.82, 2.24) is 15.3 Å². The number of hydrogen-bond acceptors (Lipinski definition) is 5. The van der Waals surface area contributed by atoms with Gasteiger partial charge in [-0.05, 0) is 29.8 Å². The molecule has 0 bridgehead atoms. The molecule has 0 atom stereocenters. The van der Waals surface area contributed by atoms with Gasteiger partial charge in [-0.2, -0.15) is 0 Å². The number of carbonyl (C=O) groups excluding carboxylic acids is 2. The maximum absolute atomic E-state index is 12.3. The zero-order chi connectivity index (χ0) is 19.1. The van der Waals surface area contributed by atoms with E-state index in [1.165, 1.54) is 13.3 Å². The van der Waals surface area contributed by atoms with E-state index in [2.05, 4.69) is 25.9 Å². The second kappa shape index (κ2) is 8.57. The van der Waals surface area contributed by atoms with Gasteiger partial charge in [0, 0.05) is 30.9 Å². The summed E-state index contributed by atoms with van der Waals surface area (Å²) in [5.41, 5.74) is 2.77. The maximum Gasteiger partial charge on any atom is 0.270 e.